The normalized spacial score (nSPS) is 22.1. The molecule has 3 rings (SSSR count). The minimum atomic E-state index is -0.269. The first-order valence-electron chi connectivity index (χ1n) is 8.82. The molecule has 1 atom stereocenters. The van der Waals surface area contributed by atoms with E-state index in [-0.39, 0.29) is 23.6 Å². The second-order valence-electron chi connectivity index (χ2n) is 6.88. The molecule has 2 aliphatic rings. The van der Waals surface area contributed by atoms with Crippen LogP contribution in [0.4, 0.5) is 0 Å². The molecule has 2 fully saturated rings. The molecule has 1 saturated carbocycles. The molecule has 1 saturated heterocycles. The highest BCUT2D eigenvalue weighted by Crippen LogP contribution is 2.26. The summed E-state index contributed by atoms with van der Waals surface area (Å²) in [4.78, 5) is 26.4. The third kappa shape index (κ3) is 4.17. The minimum Gasteiger partial charge on any atom is -0.453 e. The molecule has 6 nitrogen and oxygen atoms in total. The molecule has 1 aromatic heterocycles. The molecule has 2 amide bonds. The second-order valence-corrected chi connectivity index (χ2v) is 6.88. The Labute approximate surface area is 142 Å². The van der Waals surface area contributed by atoms with Crippen molar-refractivity contribution >= 4 is 11.8 Å². The van der Waals surface area contributed by atoms with Crippen LogP contribution in [0.25, 0.3) is 0 Å². The summed E-state index contributed by atoms with van der Waals surface area (Å²) in [6, 6.07) is 3.23. The van der Waals surface area contributed by atoms with Crippen LogP contribution in [0.2, 0.25) is 0 Å². The van der Waals surface area contributed by atoms with Crippen LogP contribution in [0.3, 0.4) is 0 Å². The minimum absolute atomic E-state index is 0.135. The quantitative estimate of drug-likeness (QED) is 0.867. The maximum atomic E-state index is 12.2. The number of rotatable bonds is 6. The smallest absolute Gasteiger partial charge is 0.287 e. The van der Waals surface area contributed by atoms with Crippen molar-refractivity contribution in [3.63, 3.8) is 0 Å². The van der Waals surface area contributed by atoms with E-state index in [2.05, 4.69) is 5.32 Å². The molecular formula is C18H26N2O4. The lowest BCUT2D eigenvalue weighted by Gasteiger charge is -2.27. The topological polar surface area (TPSA) is 71.8 Å². The number of nitrogens with zero attached hydrogens (tertiary/aromatic N) is 1. The van der Waals surface area contributed by atoms with E-state index >= 15 is 0 Å². The fourth-order valence-electron chi connectivity index (χ4n) is 3.70. The van der Waals surface area contributed by atoms with Gasteiger partial charge >= 0.3 is 0 Å². The predicted octanol–water partition coefficient (Wildman–Crippen LogP) is 2.34. The van der Waals surface area contributed by atoms with Crippen LogP contribution in [0.1, 0.15) is 54.8 Å². The maximum absolute atomic E-state index is 12.2. The SMILES string of the molecule is COCc1ccc(C(=O)NC2CC(=O)N(CC3CCCCC3)C2)o1. The summed E-state index contributed by atoms with van der Waals surface area (Å²) in [6.07, 6.45) is 6.68. The number of hydrogen-bond acceptors (Lipinski definition) is 4. The van der Waals surface area contributed by atoms with Crippen molar-refractivity contribution in [1.82, 2.24) is 10.2 Å². The molecular weight excluding hydrogens is 308 g/mol. The molecule has 0 bridgehead atoms. The van der Waals surface area contributed by atoms with E-state index in [1.807, 2.05) is 4.90 Å². The van der Waals surface area contributed by atoms with E-state index in [0.29, 0.717) is 31.3 Å². The van der Waals surface area contributed by atoms with Gasteiger partial charge < -0.3 is 19.4 Å². The molecule has 1 unspecified atom stereocenters. The summed E-state index contributed by atoms with van der Waals surface area (Å²) in [5, 5.41) is 2.91. The second kappa shape index (κ2) is 7.83. The lowest BCUT2D eigenvalue weighted by Crippen LogP contribution is -2.38. The van der Waals surface area contributed by atoms with Crippen molar-refractivity contribution in [2.75, 3.05) is 20.2 Å². The molecule has 24 heavy (non-hydrogen) atoms. The number of carbonyl (C=O) groups is 2. The van der Waals surface area contributed by atoms with E-state index in [0.717, 1.165) is 6.54 Å². The van der Waals surface area contributed by atoms with Gasteiger partial charge in [-0.1, -0.05) is 19.3 Å². The Kier molecular flexibility index (Phi) is 5.56. The number of carbonyl (C=O) groups excluding carboxylic acids is 2. The van der Waals surface area contributed by atoms with Gasteiger partial charge in [0.15, 0.2) is 5.76 Å². The molecule has 1 aliphatic carbocycles. The van der Waals surface area contributed by atoms with Crippen molar-refractivity contribution in [3.8, 4) is 0 Å². The zero-order valence-corrected chi connectivity index (χ0v) is 14.3. The van der Waals surface area contributed by atoms with Crippen LogP contribution in [0, 0.1) is 5.92 Å². The number of amides is 2. The molecule has 1 N–H and O–H groups in total. The number of likely N-dealkylation sites (tertiary alicyclic amines) is 1. The molecule has 1 aliphatic heterocycles. The molecule has 1 aromatic rings. The number of ether oxygens (including phenoxy) is 1. The molecule has 0 aromatic carbocycles. The third-order valence-corrected chi connectivity index (χ3v) is 4.93. The average molecular weight is 334 g/mol. The van der Waals surface area contributed by atoms with Crippen LogP contribution >= 0.6 is 0 Å². The van der Waals surface area contributed by atoms with Gasteiger partial charge in [-0.15, -0.1) is 0 Å². The first-order valence-corrected chi connectivity index (χ1v) is 8.82. The highest BCUT2D eigenvalue weighted by molar-refractivity contribution is 5.92. The number of hydrogen-bond donors (Lipinski definition) is 1. The van der Waals surface area contributed by atoms with Gasteiger partial charge in [-0.05, 0) is 30.9 Å². The van der Waals surface area contributed by atoms with Gasteiger partial charge in [-0.3, -0.25) is 9.59 Å². The van der Waals surface area contributed by atoms with E-state index in [1.54, 1.807) is 19.2 Å². The Balaban J connectivity index is 1.50. The fraction of sp³-hybridized carbons (Fsp3) is 0.667. The highest BCUT2D eigenvalue weighted by atomic mass is 16.5. The standard InChI is InChI=1S/C18H26N2O4/c1-23-12-15-7-8-16(24-15)18(22)19-14-9-17(21)20(11-14)10-13-5-3-2-4-6-13/h7-8,13-14H,2-6,9-12H2,1H3,(H,19,22). The van der Waals surface area contributed by atoms with Gasteiger partial charge in [-0.25, -0.2) is 0 Å². The Morgan fingerprint density at radius 3 is 2.88 bits per heavy atom. The van der Waals surface area contributed by atoms with Crippen molar-refractivity contribution in [2.45, 2.75) is 51.2 Å². The highest BCUT2D eigenvalue weighted by Gasteiger charge is 2.32. The summed E-state index contributed by atoms with van der Waals surface area (Å²) >= 11 is 0. The van der Waals surface area contributed by atoms with Crippen molar-refractivity contribution in [3.05, 3.63) is 23.7 Å². The van der Waals surface area contributed by atoms with Gasteiger partial charge in [0, 0.05) is 26.6 Å². The van der Waals surface area contributed by atoms with E-state index in [9.17, 15) is 9.59 Å². The Hall–Kier alpha value is -1.82. The molecule has 2 heterocycles. The summed E-state index contributed by atoms with van der Waals surface area (Å²) in [5.74, 6) is 1.38. The Bertz CT molecular complexity index is 577. The van der Waals surface area contributed by atoms with Crippen LogP contribution in [-0.4, -0.2) is 43.0 Å². The van der Waals surface area contributed by atoms with Crippen LogP contribution in [0.15, 0.2) is 16.5 Å². The predicted molar refractivity (Wildman–Crippen MR) is 88.4 cm³/mol. The first-order chi connectivity index (χ1) is 11.7. The van der Waals surface area contributed by atoms with Crippen LogP contribution < -0.4 is 5.32 Å². The Morgan fingerprint density at radius 2 is 2.12 bits per heavy atom. The zero-order chi connectivity index (χ0) is 16.9. The van der Waals surface area contributed by atoms with Crippen molar-refractivity contribution in [1.29, 1.82) is 0 Å². The number of methoxy groups -OCH3 is 1. The fourth-order valence-corrected chi connectivity index (χ4v) is 3.70. The summed E-state index contributed by atoms with van der Waals surface area (Å²) in [7, 11) is 1.58. The largest absolute Gasteiger partial charge is 0.453 e. The number of furan rings is 1. The molecule has 6 heteroatoms. The summed E-state index contributed by atoms with van der Waals surface area (Å²) in [5.41, 5.74) is 0. The van der Waals surface area contributed by atoms with Gasteiger partial charge in [0.25, 0.3) is 5.91 Å². The van der Waals surface area contributed by atoms with Gasteiger partial charge in [0.05, 0.1) is 6.04 Å². The first kappa shape index (κ1) is 17.0. The van der Waals surface area contributed by atoms with E-state index < -0.39 is 0 Å². The molecule has 0 radical (unpaired) electrons. The van der Waals surface area contributed by atoms with Gasteiger partial charge in [0.1, 0.15) is 12.4 Å². The lowest BCUT2D eigenvalue weighted by molar-refractivity contribution is -0.128. The molecule has 0 spiro atoms. The van der Waals surface area contributed by atoms with Crippen LogP contribution in [-0.2, 0) is 16.1 Å². The summed E-state index contributed by atoms with van der Waals surface area (Å²) in [6.45, 7) is 1.78. The monoisotopic (exact) mass is 334 g/mol. The third-order valence-electron chi connectivity index (χ3n) is 4.93. The zero-order valence-electron chi connectivity index (χ0n) is 14.3. The van der Waals surface area contributed by atoms with Crippen molar-refractivity contribution < 1.29 is 18.7 Å². The number of nitrogens with one attached hydrogen (secondary N) is 1. The molecule has 132 valence electrons. The van der Waals surface area contributed by atoms with Gasteiger partial charge in [0.2, 0.25) is 5.91 Å². The maximum Gasteiger partial charge on any atom is 0.287 e. The Morgan fingerprint density at radius 1 is 1.33 bits per heavy atom. The average Bonchev–Trinajstić information content (AvgIpc) is 3.16. The van der Waals surface area contributed by atoms with Gasteiger partial charge in [-0.2, -0.15) is 0 Å². The summed E-state index contributed by atoms with van der Waals surface area (Å²) < 4.78 is 10.4. The van der Waals surface area contributed by atoms with E-state index in [1.165, 1.54) is 32.1 Å². The lowest BCUT2D eigenvalue weighted by atomic mass is 9.89. The van der Waals surface area contributed by atoms with Crippen LogP contribution in [0.5, 0.6) is 0 Å². The van der Waals surface area contributed by atoms with E-state index in [4.69, 9.17) is 9.15 Å². The van der Waals surface area contributed by atoms with Crippen molar-refractivity contribution in [2.24, 2.45) is 5.92 Å².